The molecule has 0 aliphatic carbocycles. The Bertz CT molecular complexity index is 378. The first-order chi connectivity index (χ1) is 7.95. The largest absolute Gasteiger partial charge is 0.464 e. The van der Waals surface area contributed by atoms with E-state index in [9.17, 15) is 4.79 Å². The predicted octanol–water partition coefficient (Wildman–Crippen LogP) is 3.13. The first-order valence-electron chi connectivity index (χ1n) is 6.22. The highest BCUT2D eigenvalue weighted by atomic mass is 16.5. The number of ether oxygens (including phenoxy) is 1. The molecule has 3 nitrogen and oxygen atoms in total. The summed E-state index contributed by atoms with van der Waals surface area (Å²) < 4.78 is 6.91. The van der Waals surface area contributed by atoms with Crippen molar-refractivity contribution in [3.8, 4) is 0 Å². The average Bonchev–Trinajstić information content (AvgIpc) is 2.59. The van der Waals surface area contributed by atoms with Gasteiger partial charge in [-0.05, 0) is 30.4 Å². The van der Waals surface area contributed by atoms with Gasteiger partial charge in [0.2, 0.25) is 0 Å². The van der Waals surface area contributed by atoms with Crippen molar-refractivity contribution >= 4 is 5.97 Å². The molecule has 0 aliphatic rings. The molecule has 1 aromatic rings. The van der Waals surface area contributed by atoms with Crippen LogP contribution in [0.15, 0.2) is 12.1 Å². The van der Waals surface area contributed by atoms with Gasteiger partial charge in [0.15, 0.2) is 0 Å². The van der Waals surface area contributed by atoms with E-state index < -0.39 is 0 Å². The third-order valence-electron chi connectivity index (χ3n) is 2.63. The van der Waals surface area contributed by atoms with Gasteiger partial charge in [-0.25, -0.2) is 4.79 Å². The summed E-state index contributed by atoms with van der Waals surface area (Å²) in [4.78, 5) is 11.7. The van der Waals surface area contributed by atoms with Crippen molar-refractivity contribution in [1.82, 2.24) is 4.57 Å². The van der Waals surface area contributed by atoms with Crippen molar-refractivity contribution in [3.63, 3.8) is 0 Å². The van der Waals surface area contributed by atoms with E-state index in [0.29, 0.717) is 17.5 Å². The topological polar surface area (TPSA) is 31.2 Å². The van der Waals surface area contributed by atoms with Crippen molar-refractivity contribution < 1.29 is 9.53 Å². The Morgan fingerprint density at radius 1 is 1.24 bits per heavy atom. The fourth-order valence-electron chi connectivity index (χ4n) is 1.97. The van der Waals surface area contributed by atoms with Gasteiger partial charge >= 0.3 is 5.97 Å². The summed E-state index contributed by atoms with van der Waals surface area (Å²) >= 11 is 0. The summed E-state index contributed by atoms with van der Waals surface area (Å²) in [6.45, 7) is 9.54. The smallest absolute Gasteiger partial charge is 0.354 e. The molecule has 0 atom stereocenters. The molecule has 0 aromatic carbocycles. The summed E-state index contributed by atoms with van der Waals surface area (Å²) in [6.07, 6.45) is 0.990. The number of methoxy groups -OCH3 is 1. The van der Waals surface area contributed by atoms with Crippen LogP contribution in [0.3, 0.4) is 0 Å². The highest BCUT2D eigenvalue weighted by Crippen LogP contribution is 2.16. The summed E-state index contributed by atoms with van der Waals surface area (Å²) in [5, 5.41) is 0. The number of aromatic nitrogens is 1. The van der Waals surface area contributed by atoms with Crippen LogP contribution in [0.1, 0.15) is 43.9 Å². The highest BCUT2D eigenvalue weighted by Gasteiger charge is 2.16. The Morgan fingerprint density at radius 2 is 1.88 bits per heavy atom. The molecule has 0 saturated carbocycles. The van der Waals surface area contributed by atoms with E-state index in [4.69, 9.17) is 4.74 Å². The fraction of sp³-hybridized carbons (Fsp3) is 0.643. The van der Waals surface area contributed by atoms with Crippen LogP contribution in [-0.4, -0.2) is 17.6 Å². The van der Waals surface area contributed by atoms with E-state index in [1.807, 2.05) is 12.1 Å². The second kappa shape index (κ2) is 5.89. The maximum Gasteiger partial charge on any atom is 0.354 e. The fourth-order valence-corrected chi connectivity index (χ4v) is 1.97. The van der Waals surface area contributed by atoms with E-state index in [-0.39, 0.29) is 5.97 Å². The lowest BCUT2D eigenvalue weighted by atomic mass is 10.1. The summed E-state index contributed by atoms with van der Waals surface area (Å²) in [7, 11) is 1.43. The van der Waals surface area contributed by atoms with Crippen LogP contribution in [0.2, 0.25) is 0 Å². The standard InChI is InChI=1S/C14H23NO2/c1-10(2)8-12-6-7-13(14(16)17-5)15(12)9-11(3)4/h6-7,10-11H,8-9H2,1-5H3. The van der Waals surface area contributed by atoms with Gasteiger partial charge in [0.05, 0.1) is 7.11 Å². The monoisotopic (exact) mass is 237 g/mol. The predicted molar refractivity (Wildman–Crippen MR) is 69.2 cm³/mol. The van der Waals surface area contributed by atoms with Gasteiger partial charge in [-0.2, -0.15) is 0 Å². The van der Waals surface area contributed by atoms with Crippen LogP contribution >= 0.6 is 0 Å². The Kier molecular flexibility index (Phi) is 4.79. The molecule has 1 rings (SSSR count). The van der Waals surface area contributed by atoms with E-state index in [0.717, 1.165) is 13.0 Å². The van der Waals surface area contributed by atoms with E-state index in [1.54, 1.807) is 0 Å². The van der Waals surface area contributed by atoms with Gasteiger partial charge in [0, 0.05) is 12.2 Å². The summed E-state index contributed by atoms with van der Waals surface area (Å²) in [5.74, 6) is 0.846. The Labute approximate surface area is 104 Å². The van der Waals surface area contributed by atoms with Gasteiger partial charge in [0.25, 0.3) is 0 Å². The second-order valence-electron chi connectivity index (χ2n) is 5.30. The van der Waals surface area contributed by atoms with Crippen molar-refractivity contribution in [3.05, 3.63) is 23.5 Å². The van der Waals surface area contributed by atoms with Crippen molar-refractivity contribution in [2.24, 2.45) is 11.8 Å². The first kappa shape index (κ1) is 13.8. The van der Waals surface area contributed by atoms with Crippen LogP contribution in [-0.2, 0) is 17.7 Å². The molecule has 1 heterocycles. The molecule has 0 aliphatic heterocycles. The molecular formula is C14H23NO2. The molecule has 0 spiro atoms. The molecule has 17 heavy (non-hydrogen) atoms. The zero-order valence-corrected chi connectivity index (χ0v) is 11.5. The zero-order chi connectivity index (χ0) is 13.0. The van der Waals surface area contributed by atoms with Crippen LogP contribution in [0, 0.1) is 11.8 Å². The molecule has 0 N–H and O–H groups in total. The van der Waals surface area contributed by atoms with Crippen LogP contribution < -0.4 is 0 Å². The number of rotatable bonds is 5. The molecule has 0 bridgehead atoms. The van der Waals surface area contributed by atoms with Gasteiger partial charge in [-0.15, -0.1) is 0 Å². The van der Waals surface area contributed by atoms with Gasteiger partial charge < -0.3 is 9.30 Å². The van der Waals surface area contributed by atoms with E-state index in [1.165, 1.54) is 12.8 Å². The molecule has 1 aromatic heterocycles. The number of hydrogen-bond acceptors (Lipinski definition) is 2. The first-order valence-corrected chi connectivity index (χ1v) is 6.22. The Morgan fingerprint density at radius 3 is 2.35 bits per heavy atom. The molecule has 0 amide bonds. The molecule has 0 fully saturated rings. The third kappa shape index (κ3) is 3.62. The number of carbonyl (C=O) groups excluding carboxylic acids is 1. The minimum absolute atomic E-state index is 0.249. The normalized spacial score (nSPS) is 11.2. The molecule has 0 radical (unpaired) electrons. The van der Waals surface area contributed by atoms with Gasteiger partial charge in [-0.3, -0.25) is 0 Å². The van der Waals surface area contributed by atoms with Crippen molar-refractivity contribution in [1.29, 1.82) is 0 Å². The van der Waals surface area contributed by atoms with E-state index >= 15 is 0 Å². The third-order valence-corrected chi connectivity index (χ3v) is 2.63. The Balaban J connectivity index is 3.05. The SMILES string of the molecule is COC(=O)c1ccc(CC(C)C)n1CC(C)C. The average molecular weight is 237 g/mol. The molecule has 3 heteroatoms. The number of esters is 1. The minimum atomic E-state index is -0.249. The number of carbonyl (C=O) groups is 1. The second-order valence-corrected chi connectivity index (χ2v) is 5.30. The summed E-state index contributed by atoms with van der Waals surface area (Å²) in [6, 6.07) is 3.90. The molecule has 0 unspecified atom stereocenters. The number of hydrogen-bond donors (Lipinski definition) is 0. The van der Waals surface area contributed by atoms with Crippen LogP contribution in [0.5, 0.6) is 0 Å². The lowest BCUT2D eigenvalue weighted by Crippen LogP contribution is -2.16. The van der Waals surface area contributed by atoms with Crippen molar-refractivity contribution in [2.75, 3.05) is 7.11 Å². The maximum atomic E-state index is 11.7. The number of nitrogens with zero attached hydrogens (tertiary/aromatic N) is 1. The quantitative estimate of drug-likeness (QED) is 0.737. The minimum Gasteiger partial charge on any atom is -0.464 e. The van der Waals surface area contributed by atoms with Crippen LogP contribution in [0.25, 0.3) is 0 Å². The summed E-state index contributed by atoms with van der Waals surface area (Å²) in [5.41, 5.74) is 1.88. The van der Waals surface area contributed by atoms with Gasteiger partial charge in [-0.1, -0.05) is 27.7 Å². The zero-order valence-electron chi connectivity index (χ0n) is 11.5. The lowest BCUT2D eigenvalue weighted by molar-refractivity contribution is 0.0587. The molecular weight excluding hydrogens is 214 g/mol. The molecule has 0 saturated heterocycles. The van der Waals surface area contributed by atoms with Gasteiger partial charge in [0.1, 0.15) is 5.69 Å². The lowest BCUT2D eigenvalue weighted by Gasteiger charge is -2.15. The Hall–Kier alpha value is -1.25. The highest BCUT2D eigenvalue weighted by molar-refractivity contribution is 5.87. The van der Waals surface area contributed by atoms with Crippen molar-refractivity contribution in [2.45, 2.75) is 40.7 Å². The van der Waals surface area contributed by atoms with E-state index in [2.05, 4.69) is 32.3 Å². The molecule has 96 valence electrons. The maximum absolute atomic E-state index is 11.7. The van der Waals surface area contributed by atoms with Crippen LogP contribution in [0.4, 0.5) is 0 Å².